The smallest absolute Gasteiger partial charge is 0.126 e. The van der Waals surface area contributed by atoms with Crippen LogP contribution in [0.25, 0.3) is 11.1 Å². The number of benzene rings is 1. The van der Waals surface area contributed by atoms with E-state index < -0.39 is 0 Å². The highest BCUT2D eigenvalue weighted by Crippen LogP contribution is 2.39. The molecule has 0 radical (unpaired) electrons. The summed E-state index contributed by atoms with van der Waals surface area (Å²) in [6.07, 6.45) is 0. The molecule has 0 amide bonds. The molecule has 2 N–H and O–H groups in total. The predicted octanol–water partition coefficient (Wildman–Crippen LogP) is 3.84. The van der Waals surface area contributed by atoms with Crippen molar-refractivity contribution in [2.75, 3.05) is 7.11 Å². The van der Waals surface area contributed by atoms with Crippen molar-refractivity contribution in [1.29, 1.82) is 0 Å². The van der Waals surface area contributed by atoms with Crippen molar-refractivity contribution in [2.45, 2.75) is 13.5 Å². The maximum Gasteiger partial charge on any atom is 0.126 e. The largest absolute Gasteiger partial charge is 0.496 e. The first-order valence-corrected chi connectivity index (χ1v) is 6.54. The van der Waals surface area contributed by atoms with Crippen LogP contribution in [0.15, 0.2) is 23.6 Å². The summed E-state index contributed by atoms with van der Waals surface area (Å²) in [7, 11) is 1.66. The molecule has 0 atom stereocenters. The predicted molar refractivity (Wildman–Crippen MR) is 73.9 cm³/mol. The lowest BCUT2D eigenvalue weighted by Crippen LogP contribution is -1.97. The summed E-state index contributed by atoms with van der Waals surface area (Å²) in [5, 5.41) is 2.79. The third kappa shape index (κ3) is 2.32. The Hall–Kier alpha value is -1.03. The molecule has 0 aliphatic rings. The van der Waals surface area contributed by atoms with Crippen molar-refractivity contribution in [2.24, 2.45) is 5.73 Å². The van der Waals surface area contributed by atoms with Gasteiger partial charge >= 0.3 is 0 Å². The van der Waals surface area contributed by atoms with E-state index in [1.807, 2.05) is 18.2 Å². The average molecular weight is 268 g/mol. The Bertz CT molecular complexity index is 536. The highest BCUT2D eigenvalue weighted by Gasteiger charge is 2.14. The Morgan fingerprint density at radius 1 is 1.41 bits per heavy atom. The number of halogens is 1. The number of ether oxygens (including phenoxy) is 1. The van der Waals surface area contributed by atoms with E-state index in [1.54, 1.807) is 18.4 Å². The van der Waals surface area contributed by atoms with Gasteiger partial charge in [-0.2, -0.15) is 0 Å². The minimum Gasteiger partial charge on any atom is -0.496 e. The Morgan fingerprint density at radius 2 is 2.18 bits per heavy atom. The number of nitrogens with two attached hydrogens (primary N) is 1. The summed E-state index contributed by atoms with van der Waals surface area (Å²) in [4.78, 5) is 1.23. The van der Waals surface area contributed by atoms with E-state index in [9.17, 15) is 0 Å². The van der Waals surface area contributed by atoms with Gasteiger partial charge in [0.1, 0.15) is 5.75 Å². The molecule has 1 heterocycles. The molecule has 2 rings (SSSR count). The van der Waals surface area contributed by atoms with Crippen molar-refractivity contribution < 1.29 is 4.74 Å². The minimum absolute atomic E-state index is 0.523. The third-order valence-corrected chi connectivity index (χ3v) is 3.90. The number of rotatable bonds is 3. The molecule has 0 fully saturated rings. The molecule has 0 unspecified atom stereocenters. The molecular formula is C13H14ClNOS. The third-order valence-electron chi connectivity index (χ3n) is 2.70. The lowest BCUT2D eigenvalue weighted by atomic mass is 10.0. The molecule has 1 aromatic heterocycles. The number of hydrogen-bond acceptors (Lipinski definition) is 3. The van der Waals surface area contributed by atoms with Gasteiger partial charge in [-0.3, -0.25) is 0 Å². The molecule has 1 aromatic carbocycles. The first-order chi connectivity index (χ1) is 8.17. The zero-order chi connectivity index (χ0) is 12.4. The van der Waals surface area contributed by atoms with Crippen molar-refractivity contribution in [3.05, 3.63) is 39.0 Å². The highest BCUT2D eigenvalue weighted by atomic mass is 35.5. The normalized spacial score (nSPS) is 10.6. The maximum atomic E-state index is 6.06. The molecule has 4 heteroatoms. The summed E-state index contributed by atoms with van der Waals surface area (Å²) in [5.41, 5.74) is 9.06. The topological polar surface area (TPSA) is 35.2 Å². The fourth-order valence-corrected chi connectivity index (χ4v) is 2.96. The standard InChI is InChI=1S/C13H14ClNOS/c1-8-13(9(6-15)7-17-8)11-5-10(14)3-4-12(11)16-2/h3-5,7H,6,15H2,1-2H3. The van der Waals surface area contributed by atoms with Crippen LogP contribution in [0.3, 0.4) is 0 Å². The van der Waals surface area contributed by atoms with Gasteiger partial charge in [0.05, 0.1) is 7.11 Å². The van der Waals surface area contributed by atoms with Crippen LogP contribution in [0.5, 0.6) is 5.75 Å². The van der Waals surface area contributed by atoms with Crippen molar-refractivity contribution in [3.8, 4) is 16.9 Å². The first-order valence-electron chi connectivity index (χ1n) is 5.28. The Morgan fingerprint density at radius 3 is 2.82 bits per heavy atom. The van der Waals surface area contributed by atoms with Crippen LogP contribution in [0.2, 0.25) is 5.02 Å². The fraction of sp³-hybridized carbons (Fsp3) is 0.231. The second-order valence-corrected chi connectivity index (χ2v) is 5.26. The van der Waals surface area contributed by atoms with Crippen LogP contribution < -0.4 is 10.5 Å². The van der Waals surface area contributed by atoms with Crippen LogP contribution in [0, 0.1) is 6.92 Å². The van der Waals surface area contributed by atoms with E-state index in [0.29, 0.717) is 11.6 Å². The van der Waals surface area contributed by atoms with E-state index in [2.05, 4.69) is 12.3 Å². The van der Waals surface area contributed by atoms with E-state index in [1.165, 1.54) is 4.88 Å². The zero-order valence-electron chi connectivity index (χ0n) is 9.79. The lowest BCUT2D eigenvalue weighted by Gasteiger charge is -2.10. The van der Waals surface area contributed by atoms with Gasteiger partial charge in [-0.25, -0.2) is 0 Å². The maximum absolute atomic E-state index is 6.06. The molecule has 0 saturated carbocycles. The molecule has 0 spiro atoms. The molecule has 0 bridgehead atoms. The van der Waals surface area contributed by atoms with Crippen molar-refractivity contribution in [3.63, 3.8) is 0 Å². The zero-order valence-corrected chi connectivity index (χ0v) is 11.4. The lowest BCUT2D eigenvalue weighted by molar-refractivity contribution is 0.416. The highest BCUT2D eigenvalue weighted by molar-refractivity contribution is 7.10. The minimum atomic E-state index is 0.523. The van der Waals surface area contributed by atoms with Crippen molar-refractivity contribution >= 4 is 22.9 Å². The Labute approximate surface area is 110 Å². The van der Waals surface area contributed by atoms with Gasteiger partial charge in [-0.1, -0.05) is 11.6 Å². The number of hydrogen-bond donors (Lipinski definition) is 1. The molecule has 0 saturated heterocycles. The SMILES string of the molecule is COc1ccc(Cl)cc1-c1c(CN)csc1C. The second-order valence-electron chi connectivity index (χ2n) is 3.74. The van der Waals surface area contributed by atoms with Gasteiger partial charge in [-0.15, -0.1) is 11.3 Å². The molecule has 17 heavy (non-hydrogen) atoms. The monoisotopic (exact) mass is 267 g/mol. The van der Waals surface area contributed by atoms with E-state index in [0.717, 1.165) is 22.4 Å². The Balaban J connectivity index is 2.66. The molecule has 0 aliphatic heterocycles. The van der Waals surface area contributed by atoms with Gasteiger partial charge in [0.25, 0.3) is 0 Å². The van der Waals surface area contributed by atoms with Crippen LogP contribution in [-0.2, 0) is 6.54 Å². The summed E-state index contributed by atoms with van der Waals surface area (Å²) in [6.45, 7) is 2.61. The van der Waals surface area contributed by atoms with Gasteiger partial charge in [0.2, 0.25) is 0 Å². The van der Waals surface area contributed by atoms with Crippen molar-refractivity contribution in [1.82, 2.24) is 0 Å². The molecule has 0 aliphatic carbocycles. The Kier molecular flexibility index (Phi) is 3.72. The molecule has 90 valence electrons. The second kappa shape index (κ2) is 5.08. The van der Waals surface area contributed by atoms with Gasteiger partial charge in [0, 0.05) is 27.6 Å². The number of thiophene rings is 1. The van der Waals surface area contributed by atoms with Crippen LogP contribution in [0.1, 0.15) is 10.4 Å². The van der Waals surface area contributed by atoms with E-state index in [4.69, 9.17) is 22.1 Å². The van der Waals surface area contributed by atoms with E-state index >= 15 is 0 Å². The summed E-state index contributed by atoms with van der Waals surface area (Å²) in [5.74, 6) is 0.825. The quantitative estimate of drug-likeness (QED) is 0.917. The summed E-state index contributed by atoms with van der Waals surface area (Å²) in [6, 6.07) is 5.64. The summed E-state index contributed by atoms with van der Waals surface area (Å²) >= 11 is 7.75. The number of aryl methyl sites for hydroxylation is 1. The van der Waals surface area contributed by atoms with Crippen LogP contribution in [-0.4, -0.2) is 7.11 Å². The first kappa shape index (κ1) is 12.4. The van der Waals surface area contributed by atoms with Crippen LogP contribution in [0.4, 0.5) is 0 Å². The molecule has 2 nitrogen and oxygen atoms in total. The van der Waals surface area contributed by atoms with Gasteiger partial charge in [-0.05, 0) is 36.1 Å². The molecular weight excluding hydrogens is 254 g/mol. The number of methoxy groups -OCH3 is 1. The summed E-state index contributed by atoms with van der Waals surface area (Å²) < 4.78 is 5.38. The van der Waals surface area contributed by atoms with Gasteiger partial charge in [0.15, 0.2) is 0 Å². The average Bonchev–Trinajstić information content (AvgIpc) is 2.70. The molecule has 2 aromatic rings. The van der Waals surface area contributed by atoms with Crippen LogP contribution >= 0.6 is 22.9 Å². The fourth-order valence-electron chi connectivity index (χ4n) is 1.89. The van der Waals surface area contributed by atoms with Gasteiger partial charge < -0.3 is 10.5 Å². The van der Waals surface area contributed by atoms with E-state index in [-0.39, 0.29) is 0 Å².